The molecule has 0 aliphatic rings. The standard InChI is InChI=1S/C6H14O7S2/c1-14(8,9)12-5-3-4-6(7)13-15(2,10)11/h6-7H,3-5H2,1-2H3. The summed E-state index contributed by atoms with van der Waals surface area (Å²) in [5, 5.41) is 9.01. The monoisotopic (exact) mass is 262 g/mol. The van der Waals surface area contributed by atoms with Crippen LogP contribution in [0.15, 0.2) is 0 Å². The number of aliphatic hydroxyl groups is 1. The summed E-state index contributed by atoms with van der Waals surface area (Å²) in [6.45, 7) is -0.122. The van der Waals surface area contributed by atoms with E-state index in [0.717, 1.165) is 12.5 Å². The van der Waals surface area contributed by atoms with Crippen LogP contribution in [-0.4, -0.2) is 47.4 Å². The van der Waals surface area contributed by atoms with Crippen molar-refractivity contribution in [3.05, 3.63) is 0 Å². The molecule has 1 atom stereocenters. The van der Waals surface area contributed by atoms with Crippen molar-refractivity contribution in [2.24, 2.45) is 0 Å². The van der Waals surface area contributed by atoms with Gasteiger partial charge in [0, 0.05) is 6.42 Å². The summed E-state index contributed by atoms with van der Waals surface area (Å²) in [5.41, 5.74) is 0. The van der Waals surface area contributed by atoms with Gasteiger partial charge < -0.3 is 5.11 Å². The van der Waals surface area contributed by atoms with Gasteiger partial charge in [-0.1, -0.05) is 0 Å². The third-order valence-electron chi connectivity index (χ3n) is 1.18. The molecule has 0 radical (unpaired) electrons. The minimum Gasteiger partial charge on any atom is -0.367 e. The molecule has 92 valence electrons. The van der Waals surface area contributed by atoms with Crippen LogP contribution in [0.25, 0.3) is 0 Å². The Bertz CT molecular complexity index is 368. The fourth-order valence-corrected chi connectivity index (χ4v) is 1.64. The topological polar surface area (TPSA) is 107 Å². The third-order valence-corrected chi connectivity index (χ3v) is 2.35. The van der Waals surface area contributed by atoms with E-state index in [1.165, 1.54) is 0 Å². The smallest absolute Gasteiger partial charge is 0.266 e. The average molecular weight is 262 g/mol. The molecule has 0 aromatic rings. The molecule has 0 aliphatic carbocycles. The predicted octanol–water partition coefficient (Wildman–Crippen LogP) is -0.963. The molecule has 0 heterocycles. The predicted molar refractivity (Wildman–Crippen MR) is 52.0 cm³/mol. The SMILES string of the molecule is CS(=O)(=O)OCCCC(O)OS(C)(=O)=O. The Morgan fingerprint density at radius 1 is 1.13 bits per heavy atom. The second-order valence-corrected chi connectivity index (χ2v) is 6.17. The first-order valence-corrected chi connectivity index (χ1v) is 7.64. The Kier molecular flexibility index (Phi) is 5.67. The first-order valence-electron chi connectivity index (χ1n) is 4.01. The number of aliphatic hydroxyl groups excluding tert-OH is 1. The van der Waals surface area contributed by atoms with Crippen LogP contribution >= 0.6 is 0 Å². The van der Waals surface area contributed by atoms with Crippen molar-refractivity contribution in [3.8, 4) is 0 Å². The molecule has 0 saturated heterocycles. The fraction of sp³-hybridized carbons (Fsp3) is 1.00. The van der Waals surface area contributed by atoms with Crippen LogP contribution < -0.4 is 0 Å². The van der Waals surface area contributed by atoms with Crippen molar-refractivity contribution >= 4 is 20.2 Å². The lowest BCUT2D eigenvalue weighted by Crippen LogP contribution is -2.17. The van der Waals surface area contributed by atoms with Crippen LogP contribution in [0.1, 0.15) is 12.8 Å². The third kappa shape index (κ3) is 11.7. The van der Waals surface area contributed by atoms with Crippen LogP contribution in [0.3, 0.4) is 0 Å². The first kappa shape index (κ1) is 14.8. The summed E-state index contributed by atoms with van der Waals surface area (Å²) in [7, 11) is -7.20. The Balaban J connectivity index is 3.70. The molecule has 15 heavy (non-hydrogen) atoms. The molecule has 0 aromatic carbocycles. The number of rotatable bonds is 7. The molecule has 9 heteroatoms. The summed E-state index contributed by atoms with van der Waals surface area (Å²) in [5.74, 6) is 0. The van der Waals surface area contributed by atoms with E-state index < -0.39 is 26.5 Å². The zero-order chi connectivity index (χ0) is 12.1. The quantitative estimate of drug-likeness (QED) is 0.357. The van der Waals surface area contributed by atoms with Crippen LogP contribution in [0.2, 0.25) is 0 Å². The van der Waals surface area contributed by atoms with Gasteiger partial charge in [0.1, 0.15) is 0 Å². The van der Waals surface area contributed by atoms with Crippen molar-refractivity contribution in [1.29, 1.82) is 0 Å². The molecule has 0 rings (SSSR count). The number of hydrogen-bond acceptors (Lipinski definition) is 7. The van der Waals surface area contributed by atoms with Gasteiger partial charge in [-0.3, -0.25) is 4.18 Å². The second kappa shape index (κ2) is 5.75. The van der Waals surface area contributed by atoms with Crippen molar-refractivity contribution < 1.29 is 30.3 Å². The van der Waals surface area contributed by atoms with Crippen LogP contribution in [-0.2, 0) is 28.6 Å². The molecule has 0 aromatic heterocycles. The average Bonchev–Trinajstić information content (AvgIpc) is 1.92. The van der Waals surface area contributed by atoms with Crippen LogP contribution in [0.5, 0.6) is 0 Å². The number of hydrogen-bond donors (Lipinski definition) is 1. The Morgan fingerprint density at radius 3 is 2.07 bits per heavy atom. The van der Waals surface area contributed by atoms with E-state index in [-0.39, 0.29) is 19.4 Å². The van der Waals surface area contributed by atoms with Gasteiger partial charge in [-0.05, 0) is 6.42 Å². The van der Waals surface area contributed by atoms with Crippen LogP contribution in [0.4, 0.5) is 0 Å². The Labute approximate surface area is 89.3 Å². The largest absolute Gasteiger partial charge is 0.367 e. The zero-order valence-electron chi connectivity index (χ0n) is 8.41. The van der Waals surface area contributed by atoms with Crippen molar-refractivity contribution in [2.45, 2.75) is 19.1 Å². The van der Waals surface area contributed by atoms with Gasteiger partial charge in [0.25, 0.3) is 20.2 Å². The molecule has 7 nitrogen and oxygen atoms in total. The lowest BCUT2D eigenvalue weighted by atomic mass is 10.3. The summed E-state index contributed by atoms with van der Waals surface area (Å²) in [6, 6.07) is 0. The van der Waals surface area contributed by atoms with E-state index >= 15 is 0 Å². The van der Waals surface area contributed by atoms with E-state index in [2.05, 4.69) is 8.37 Å². The van der Waals surface area contributed by atoms with E-state index in [0.29, 0.717) is 0 Å². The van der Waals surface area contributed by atoms with Gasteiger partial charge in [-0.25, -0.2) is 4.18 Å². The molecule has 0 fully saturated rings. The molecule has 0 saturated carbocycles. The van der Waals surface area contributed by atoms with Gasteiger partial charge in [0.2, 0.25) is 0 Å². The minimum atomic E-state index is -3.70. The summed E-state index contributed by atoms with van der Waals surface area (Å²) in [6.07, 6.45) is 0.384. The van der Waals surface area contributed by atoms with E-state index in [9.17, 15) is 16.8 Å². The molecule has 0 bridgehead atoms. The minimum absolute atomic E-state index is 0.0252. The van der Waals surface area contributed by atoms with Crippen molar-refractivity contribution in [2.75, 3.05) is 19.1 Å². The van der Waals surface area contributed by atoms with E-state index in [4.69, 9.17) is 5.11 Å². The summed E-state index contributed by atoms with van der Waals surface area (Å²) >= 11 is 0. The van der Waals surface area contributed by atoms with E-state index in [1.54, 1.807) is 0 Å². The molecule has 0 amide bonds. The highest BCUT2D eigenvalue weighted by Gasteiger charge is 2.12. The maximum atomic E-state index is 10.5. The van der Waals surface area contributed by atoms with Crippen molar-refractivity contribution in [1.82, 2.24) is 0 Å². The van der Waals surface area contributed by atoms with Crippen molar-refractivity contribution in [3.63, 3.8) is 0 Å². The summed E-state index contributed by atoms with van der Waals surface area (Å²) in [4.78, 5) is 0. The second-order valence-electron chi connectivity index (χ2n) is 2.92. The van der Waals surface area contributed by atoms with Gasteiger partial charge >= 0.3 is 0 Å². The molecular formula is C6H14O7S2. The van der Waals surface area contributed by atoms with Gasteiger partial charge in [0.15, 0.2) is 6.29 Å². The Hall–Kier alpha value is -0.220. The Morgan fingerprint density at radius 2 is 1.67 bits per heavy atom. The molecule has 1 unspecified atom stereocenters. The summed E-state index contributed by atoms with van der Waals surface area (Å²) < 4.78 is 50.6. The lowest BCUT2D eigenvalue weighted by molar-refractivity contribution is -0.0202. The fourth-order valence-electron chi connectivity index (χ4n) is 0.718. The maximum Gasteiger partial charge on any atom is 0.266 e. The zero-order valence-corrected chi connectivity index (χ0v) is 10.0. The van der Waals surface area contributed by atoms with Gasteiger partial charge in [-0.2, -0.15) is 16.8 Å². The normalized spacial score (nSPS) is 15.1. The van der Waals surface area contributed by atoms with E-state index in [1.807, 2.05) is 0 Å². The van der Waals surface area contributed by atoms with Gasteiger partial charge in [0.05, 0.1) is 19.1 Å². The molecule has 1 N–H and O–H groups in total. The highest BCUT2D eigenvalue weighted by Crippen LogP contribution is 2.03. The molecular weight excluding hydrogens is 248 g/mol. The highest BCUT2D eigenvalue weighted by atomic mass is 32.2. The molecule has 0 spiro atoms. The van der Waals surface area contributed by atoms with Crippen LogP contribution in [0, 0.1) is 0 Å². The maximum absolute atomic E-state index is 10.5. The van der Waals surface area contributed by atoms with Gasteiger partial charge in [-0.15, -0.1) is 0 Å². The lowest BCUT2D eigenvalue weighted by Gasteiger charge is -2.09. The molecule has 0 aliphatic heterocycles. The first-order chi connectivity index (χ1) is 6.60. The highest BCUT2D eigenvalue weighted by molar-refractivity contribution is 7.86.